The van der Waals surface area contributed by atoms with E-state index in [1.54, 1.807) is 19.6 Å². The van der Waals surface area contributed by atoms with Crippen LogP contribution in [0.2, 0.25) is 0 Å². The van der Waals surface area contributed by atoms with Crippen molar-refractivity contribution in [2.45, 2.75) is 23.6 Å². The van der Waals surface area contributed by atoms with Crippen LogP contribution in [0.25, 0.3) is 34.4 Å². The van der Waals surface area contributed by atoms with Gasteiger partial charge in [-0.2, -0.15) is 0 Å². The third-order valence-corrected chi connectivity index (χ3v) is 12.5. The van der Waals surface area contributed by atoms with Gasteiger partial charge in [0.25, 0.3) is 23.2 Å². The van der Waals surface area contributed by atoms with E-state index in [-0.39, 0.29) is 119 Å². The molecule has 2 saturated heterocycles. The summed E-state index contributed by atoms with van der Waals surface area (Å²) in [7, 11) is 0. The van der Waals surface area contributed by atoms with Crippen molar-refractivity contribution in [2.75, 3.05) is 78.7 Å². The summed E-state index contributed by atoms with van der Waals surface area (Å²) >= 11 is 0.715. The first kappa shape index (κ1) is 50.7. The number of amides is 6. The average Bonchev–Trinajstić information content (AvgIpc) is 3.35. The first-order valence-corrected chi connectivity index (χ1v) is 22.7. The van der Waals surface area contributed by atoms with E-state index in [4.69, 9.17) is 0 Å². The summed E-state index contributed by atoms with van der Waals surface area (Å²) in [6.07, 6.45) is 5.33. The van der Waals surface area contributed by atoms with Crippen LogP contribution in [0.4, 0.5) is 11.4 Å². The minimum absolute atomic E-state index is 0.0149. The molecule has 4 aromatic carbocycles. The van der Waals surface area contributed by atoms with E-state index in [9.17, 15) is 59.2 Å². The molecule has 0 radical (unpaired) electrons. The molecule has 0 spiro atoms. The molecule has 2 heterocycles. The fourth-order valence-corrected chi connectivity index (χ4v) is 8.95. The molecule has 21 heteroatoms. The van der Waals surface area contributed by atoms with E-state index in [0.29, 0.717) is 37.9 Å². The number of piperazine rings is 2. The Hall–Kier alpha value is -7.75. The lowest BCUT2D eigenvalue weighted by Crippen LogP contribution is -2.49. The monoisotopic (exact) mass is 962 g/mol. The van der Waals surface area contributed by atoms with E-state index in [2.05, 4.69) is 10.6 Å². The summed E-state index contributed by atoms with van der Waals surface area (Å²) < 4.78 is 0. The summed E-state index contributed by atoms with van der Waals surface area (Å²) in [6, 6.07) is 17.7. The number of aliphatic hydroxyl groups excluding tert-OH is 2. The molecule has 2 aliphatic heterocycles. The molecule has 20 nitrogen and oxygen atoms in total. The maximum absolute atomic E-state index is 13.4. The predicted octanol–water partition coefficient (Wildman–Crippen LogP) is 3.84. The molecule has 4 aromatic rings. The van der Waals surface area contributed by atoms with Crippen LogP contribution in [-0.4, -0.2) is 154 Å². The predicted molar refractivity (Wildman–Crippen MR) is 256 cm³/mol. The van der Waals surface area contributed by atoms with Crippen LogP contribution >= 0.6 is 11.8 Å². The molecule has 0 saturated carbocycles. The number of carbonyl (C=O) groups excluding carboxylic acids is 6. The number of nitrogens with zero attached hydrogens (tertiary/aromatic N) is 6. The second-order valence-corrected chi connectivity index (χ2v) is 16.9. The average molecular weight is 963 g/mol. The Morgan fingerprint density at radius 2 is 0.942 bits per heavy atom. The Morgan fingerprint density at radius 1 is 0.580 bits per heavy atom. The van der Waals surface area contributed by atoms with Gasteiger partial charge >= 0.3 is 0 Å². The summed E-state index contributed by atoms with van der Waals surface area (Å²) in [5, 5.41) is 50.4. The minimum Gasteiger partial charge on any atom is -0.395 e. The van der Waals surface area contributed by atoms with Gasteiger partial charge in [0.1, 0.15) is 0 Å². The van der Waals surface area contributed by atoms with Gasteiger partial charge in [-0.3, -0.25) is 49.0 Å². The van der Waals surface area contributed by atoms with Gasteiger partial charge in [-0.25, -0.2) is 0 Å². The molecular formula is C48H50N8O12S. The Labute approximate surface area is 400 Å². The Kier molecular flexibility index (Phi) is 17.1. The smallest absolute Gasteiger partial charge is 0.291 e. The first-order valence-electron chi connectivity index (χ1n) is 21.9. The van der Waals surface area contributed by atoms with Crippen LogP contribution in [0, 0.1) is 20.2 Å². The van der Waals surface area contributed by atoms with Gasteiger partial charge in [0.05, 0.1) is 44.0 Å². The van der Waals surface area contributed by atoms with Crippen LogP contribution in [-0.2, 0) is 19.2 Å². The molecule has 0 aliphatic carbocycles. The zero-order chi connectivity index (χ0) is 49.8. The lowest BCUT2D eigenvalue weighted by Gasteiger charge is -2.33. The molecule has 0 atom stereocenters. The van der Waals surface area contributed by atoms with Gasteiger partial charge in [0, 0.05) is 103 Å². The Balaban J connectivity index is 1.48. The Morgan fingerprint density at radius 3 is 1.28 bits per heavy atom. The highest BCUT2D eigenvalue weighted by Crippen LogP contribution is 2.48. The first-order chi connectivity index (χ1) is 33.1. The zero-order valence-electron chi connectivity index (χ0n) is 37.8. The molecule has 69 heavy (non-hydrogen) atoms. The summed E-state index contributed by atoms with van der Waals surface area (Å²) in [4.78, 5) is 108. The number of carbonyl (C=O) groups is 6. The van der Waals surface area contributed by atoms with E-state index in [1.807, 2.05) is 0 Å². The highest BCUT2D eigenvalue weighted by atomic mass is 32.2. The highest BCUT2D eigenvalue weighted by Gasteiger charge is 2.31. The number of nitrogens with one attached hydrogen (secondary N) is 2. The van der Waals surface area contributed by atoms with Gasteiger partial charge in [-0.05, 0) is 70.8 Å². The number of hydrogen-bond donors (Lipinski definition) is 4. The fourth-order valence-electron chi connectivity index (χ4n) is 7.90. The second kappa shape index (κ2) is 23.3. The molecule has 6 amide bonds. The molecule has 6 rings (SSSR count). The van der Waals surface area contributed by atoms with Gasteiger partial charge in [-0.1, -0.05) is 48.2 Å². The molecule has 0 bridgehead atoms. The number of hydrogen-bond acceptors (Lipinski definition) is 13. The number of rotatable bonds is 16. The fraction of sp³-hybridized carbons (Fsp3) is 0.292. The molecule has 360 valence electrons. The molecule has 0 unspecified atom stereocenters. The van der Waals surface area contributed by atoms with Crippen molar-refractivity contribution < 1.29 is 48.8 Å². The lowest BCUT2D eigenvalue weighted by atomic mass is 9.95. The van der Waals surface area contributed by atoms with Crippen LogP contribution in [0.5, 0.6) is 0 Å². The van der Waals surface area contributed by atoms with Crippen molar-refractivity contribution in [3.8, 4) is 22.3 Å². The van der Waals surface area contributed by atoms with Gasteiger partial charge in [0.2, 0.25) is 23.6 Å². The van der Waals surface area contributed by atoms with Crippen molar-refractivity contribution in [2.24, 2.45) is 0 Å². The molecule has 2 fully saturated rings. The van der Waals surface area contributed by atoms with Crippen molar-refractivity contribution in [1.82, 2.24) is 30.2 Å². The van der Waals surface area contributed by atoms with Crippen molar-refractivity contribution in [3.63, 3.8) is 0 Å². The van der Waals surface area contributed by atoms with E-state index >= 15 is 0 Å². The summed E-state index contributed by atoms with van der Waals surface area (Å²) in [6.45, 7) is 4.50. The van der Waals surface area contributed by atoms with Crippen LogP contribution in [0.15, 0.2) is 94.7 Å². The lowest BCUT2D eigenvalue weighted by molar-refractivity contribution is -0.387. The van der Waals surface area contributed by atoms with E-state index < -0.39 is 44.9 Å². The van der Waals surface area contributed by atoms with Crippen molar-refractivity contribution in [3.05, 3.63) is 127 Å². The SMILES string of the molecule is CC(=O)N1CCN(C(=O)C=Cc2ccc(Sc3ccc(C=CC(=O)N4CCN(C(C)=O)CC4)c(-c4cccc(C(=O)NCCO)c4)c3[N+](=O)[O-])c([N+](=O)[O-])c2-c2cccc(C(=O)NCCO)c2)CC1. The summed E-state index contributed by atoms with van der Waals surface area (Å²) in [5.74, 6) is -2.19. The number of benzene rings is 4. The quantitative estimate of drug-likeness (QED) is 0.0708. The van der Waals surface area contributed by atoms with E-state index in [0.717, 1.165) is 0 Å². The number of aliphatic hydroxyl groups is 2. The maximum Gasteiger partial charge on any atom is 0.291 e. The largest absolute Gasteiger partial charge is 0.395 e. The molecule has 2 aliphatic rings. The normalized spacial score (nSPS) is 14.0. The maximum atomic E-state index is 13.4. The van der Waals surface area contributed by atoms with Crippen molar-refractivity contribution >= 4 is 70.7 Å². The van der Waals surface area contributed by atoms with Crippen molar-refractivity contribution in [1.29, 1.82) is 0 Å². The van der Waals surface area contributed by atoms with Crippen LogP contribution in [0.1, 0.15) is 45.7 Å². The second-order valence-electron chi connectivity index (χ2n) is 15.8. The standard InChI is InChI=1S/C48H50N8O12S/c1-31(59)51-19-23-53(24-20-51)41(61)15-11-33-9-13-39(45(55(65)66)43(33)35-5-3-7-37(29-35)47(63)49-17-27-57)69-40-14-10-34(12-16-42(62)54-25-21-52(22-26-54)32(2)60)44(46(40)56(67)68)36-6-4-8-38(30-36)48(64)50-18-28-58/h3-16,29-30,57-58H,17-28H2,1-2H3,(H,49,63)(H,50,64). The number of nitro benzene ring substituents is 2. The van der Waals surface area contributed by atoms with Gasteiger partial charge in [0.15, 0.2) is 0 Å². The zero-order valence-corrected chi connectivity index (χ0v) is 38.6. The van der Waals surface area contributed by atoms with Crippen LogP contribution in [0.3, 0.4) is 0 Å². The molecule has 4 N–H and O–H groups in total. The molecule has 0 aromatic heterocycles. The molecular weight excluding hydrogens is 913 g/mol. The van der Waals surface area contributed by atoms with Gasteiger partial charge in [-0.15, -0.1) is 0 Å². The van der Waals surface area contributed by atoms with E-state index in [1.165, 1.54) is 111 Å². The number of nitro groups is 2. The van der Waals surface area contributed by atoms with Crippen LogP contribution < -0.4 is 10.6 Å². The Bertz CT molecular complexity index is 2540. The minimum atomic E-state index is -0.656. The summed E-state index contributed by atoms with van der Waals surface area (Å²) in [5.41, 5.74) is -0.0253. The highest BCUT2D eigenvalue weighted by molar-refractivity contribution is 7.99. The third-order valence-electron chi connectivity index (χ3n) is 11.4. The topological polar surface area (TPSA) is 266 Å². The third kappa shape index (κ3) is 12.4. The van der Waals surface area contributed by atoms with Gasteiger partial charge < -0.3 is 40.4 Å².